The van der Waals surface area contributed by atoms with Crippen molar-refractivity contribution in [3.05, 3.63) is 53.1 Å². The predicted molar refractivity (Wildman–Crippen MR) is 86.4 cm³/mol. The highest BCUT2D eigenvalue weighted by Gasteiger charge is 2.38. The van der Waals surface area contributed by atoms with Crippen LogP contribution >= 0.6 is 0 Å². The van der Waals surface area contributed by atoms with Gasteiger partial charge in [0.2, 0.25) is 0 Å². The van der Waals surface area contributed by atoms with Crippen LogP contribution in [0.1, 0.15) is 21.5 Å². The summed E-state index contributed by atoms with van der Waals surface area (Å²) < 4.78 is 59.5. The summed E-state index contributed by atoms with van der Waals surface area (Å²) in [6.45, 7) is -0.341. The van der Waals surface area contributed by atoms with Crippen molar-refractivity contribution in [2.75, 3.05) is 11.8 Å². The minimum atomic E-state index is -4.87. The van der Waals surface area contributed by atoms with Crippen molar-refractivity contribution in [2.45, 2.75) is 6.18 Å². The van der Waals surface area contributed by atoms with E-state index in [0.717, 1.165) is 18.2 Å². The van der Waals surface area contributed by atoms with Gasteiger partial charge in [-0.2, -0.15) is 18.3 Å². The Morgan fingerprint density at radius 2 is 2.04 bits per heavy atom. The molecule has 2 aromatic carbocycles. The number of alkyl halides is 3. The molecule has 0 saturated heterocycles. The normalized spacial score (nSPS) is 14.6. The summed E-state index contributed by atoms with van der Waals surface area (Å²) in [7, 11) is 0. The zero-order chi connectivity index (χ0) is 19.8. The van der Waals surface area contributed by atoms with Crippen molar-refractivity contribution in [1.29, 1.82) is 0 Å². The lowest BCUT2D eigenvalue weighted by atomic mass is 10.0. The highest BCUT2D eigenvalue weighted by atomic mass is 19.4. The lowest BCUT2D eigenvalue weighted by Gasteiger charge is -2.24. The number of benzene rings is 2. The van der Waals surface area contributed by atoms with Crippen LogP contribution in [0.4, 0.5) is 23.3 Å². The average Bonchev–Trinajstić information content (AvgIpc) is 2.63. The van der Waals surface area contributed by atoms with E-state index in [-0.39, 0.29) is 28.8 Å². The molecule has 1 amide bonds. The van der Waals surface area contributed by atoms with Crippen molar-refractivity contribution in [3.8, 4) is 11.5 Å². The maximum atomic E-state index is 13.7. The second kappa shape index (κ2) is 6.67. The van der Waals surface area contributed by atoms with Crippen LogP contribution in [0.15, 0.2) is 41.6 Å². The first kappa shape index (κ1) is 18.3. The quantitative estimate of drug-likeness (QED) is 0.189. The molecule has 0 aromatic heterocycles. The number of halogens is 4. The van der Waals surface area contributed by atoms with Gasteiger partial charge in [0, 0.05) is 5.56 Å². The molecule has 0 unspecified atom stereocenters. The van der Waals surface area contributed by atoms with Gasteiger partial charge in [-0.3, -0.25) is 4.79 Å². The number of nitrogens with two attached hydrogens (primary N) is 1. The first-order valence-electron chi connectivity index (χ1n) is 7.44. The molecule has 7 nitrogen and oxygen atoms in total. The Morgan fingerprint density at radius 3 is 2.70 bits per heavy atom. The van der Waals surface area contributed by atoms with E-state index in [2.05, 4.69) is 10.5 Å². The number of hydrogen-bond acceptors (Lipinski definition) is 5. The number of oxime groups is 1. The van der Waals surface area contributed by atoms with Crippen molar-refractivity contribution < 1.29 is 32.4 Å². The number of amidine groups is 1. The molecule has 4 N–H and O–H groups in total. The van der Waals surface area contributed by atoms with Gasteiger partial charge in [0.25, 0.3) is 5.91 Å². The number of carbonyl (C=O) groups excluding carboxylic acids is 1. The first-order valence-corrected chi connectivity index (χ1v) is 7.44. The monoisotopic (exact) mass is 384 g/mol. The summed E-state index contributed by atoms with van der Waals surface area (Å²) in [4.78, 5) is 11.8. The SMILES string of the molecule is NC(=NO)c1cccc(Oc2ccc3c(c2)C(=O)NCN3F)c1C(F)(F)F. The number of anilines is 1. The van der Waals surface area contributed by atoms with Crippen LogP contribution in [0.3, 0.4) is 0 Å². The highest BCUT2D eigenvalue weighted by molar-refractivity contribution is 6.01. The zero-order valence-electron chi connectivity index (χ0n) is 13.4. The number of amides is 1. The Bertz CT molecular complexity index is 930. The Kier molecular flexibility index (Phi) is 4.52. The third kappa shape index (κ3) is 3.43. The van der Waals surface area contributed by atoms with E-state index >= 15 is 0 Å². The number of hydrogen-bond donors (Lipinski definition) is 3. The van der Waals surface area contributed by atoms with E-state index < -0.39 is 34.8 Å². The van der Waals surface area contributed by atoms with E-state index in [1.807, 2.05) is 0 Å². The van der Waals surface area contributed by atoms with Crippen molar-refractivity contribution in [2.24, 2.45) is 10.9 Å². The number of ether oxygens (including phenoxy) is 1. The van der Waals surface area contributed by atoms with E-state index in [1.165, 1.54) is 18.2 Å². The van der Waals surface area contributed by atoms with Gasteiger partial charge < -0.3 is 21.0 Å². The van der Waals surface area contributed by atoms with Crippen LogP contribution in [-0.2, 0) is 6.18 Å². The van der Waals surface area contributed by atoms with Crippen molar-refractivity contribution in [1.82, 2.24) is 5.32 Å². The minimum absolute atomic E-state index is 0.0347. The Labute approximate surface area is 149 Å². The third-order valence-electron chi connectivity index (χ3n) is 3.77. The van der Waals surface area contributed by atoms with E-state index in [9.17, 15) is 22.4 Å². The number of nitrogens with one attached hydrogen (secondary N) is 1. The maximum absolute atomic E-state index is 13.7. The molecule has 11 heteroatoms. The van der Waals surface area contributed by atoms with Gasteiger partial charge >= 0.3 is 6.18 Å². The molecule has 0 aliphatic carbocycles. The summed E-state index contributed by atoms with van der Waals surface area (Å²) in [5, 5.41) is 13.9. The smallest absolute Gasteiger partial charge is 0.420 e. The molecule has 142 valence electrons. The number of rotatable bonds is 3. The molecule has 0 spiro atoms. The van der Waals surface area contributed by atoms with Crippen LogP contribution in [0, 0.1) is 0 Å². The summed E-state index contributed by atoms with van der Waals surface area (Å²) in [5.74, 6) is -2.09. The summed E-state index contributed by atoms with van der Waals surface area (Å²) in [5.41, 5.74) is 3.36. The fraction of sp³-hybridized carbons (Fsp3) is 0.125. The molecule has 1 aliphatic heterocycles. The molecule has 1 heterocycles. The molecule has 0 radical (unpaired) electrons. The molecule has 27 heavy (non-hydrogen) atoms. The van der Waals surface area contributed by atoms with Gasteiger partial charge in [-0.25, -0.2) is 0 Å². The molecule has 0 saturated carbocycles. The molecule has 0 fully saturated rings. The van der Waals surface area contributed by atoms with Gasteiger partial charge in [-0.15, -0.1) is 0 Å². The summed E-state index contributed by atoms with van der Waals surface area (Å²) >= 11 is 0. The van der Waals surface area contributed by atoms with Gasteiger partial charge in [-0.1, -0.05) is 21.8 Å². The topological polar surface area (TPSA) is 100 Å². The van der Waals surface area contributed by atoms with Crippen LogP contribution < -0.4 is 20.9 Å². The average molecular weight is 384 g/mol. The standard InChI is InChI=1S/C16H12F4N4O3/c17-16(18,19)13-9(14(21)23-26)2-1-3-12(13)27-8-4-5-11-10(6-8)15(25)22-7-24(11)20/h1-6,26H,7H2,(H2,21,23)(H,22,25). The van der Waals surface area contributed by atoms with Crippen molar-refractivity contribution in [3.63, 3.8) is 0 Å². The van der Waals surface area contributed by atoms with Crippen LogP contribution in [-0.4, -0.2) is 23.6 Å². The largest absolute Gasteiger partial charge is 0.457 e. The van der Waals surface area contributed by atoms with Crippen molar-refractivity contribution >= 4 is 17.4 Å². The predicted octanol–water partition coefficient (Wildman–Crippen LogP) is 2.98. The van der Waals surface area contributed by atoms with Crippen LogP contribution in [0.5, 0.6) is 11.5 Å². The zero-order valence-corrected chi connectivity index (χ0v) is 13.4. The second-order valence-corrected chi connectivity index (χ2v) is 5.47. The Hall–Kier alpha value is -3.50. The summed E-state index contributed by atoms with van der Waals surface area (Å²) in [6.07, 6.45) is -4.87. The van der Waals surface area contributed by atoms with Gasteiger partial charge in [0.1, 0.15) is 23.7 Å². The molecular formula is C16H12F4N4O3. The van der Waals surface area contributed by atoms with E-state index in [1.54, 1.807) is 0 Å². The molecular weight excluding hydrogens is 372 g/mol. The van der Waals surface area contributed by atoms with Gasteiger partial charge in [-0.05, 0) is 24.3 Å². The van der Waals surface area contributed by atoms with Crippen LogP contribution in [0.2, 0.25) is 0 Å². The lowest BCUT2D eigenvalue weighted by molar-refractivity contribution is -0.138. The first-order chi connectivity index (χ1) is 12.7. The lowest BCUT2D eigenvalue weighted by Crippen LogP contribution is -2.39. The molecule has 1 aliphatic rings. The highest BCUT2D eigenvalue weighted by Crippen LogP contribution is 2.41. The Balaban J connectivity index is 2.06. The molecule has 2 aromatic rings. The second-order valence-electron chi connectivity index (χ2n) is 5.47. The van der Waals surface area contributed by atoms with E-state index in [0.29, 0.717) is 0 Å². The number of carbonyl (C=O) groups is 1. The minimum Gasteiger partial charge on any atom is -0.457 e. The third-order valence-corrected chi connectivity index (χ3v) is 3.77. The van der Waals surface area contributed by atoms with E-state index in [4.69, 9.17) is 15.7 Å². The number of nitrogens with zero attached hydrogens (tertiary/aromatic N) is 2. The molecule has 3 rings (SSSR count). The molecule has 0 atom stereocenters. The number of fused-ring (bicyclic) bond motifs is 1. The summed E-state index contributed by atoms with van der Waals surface area (Å²) in [6, 6.07) is 6.84. The Morgan fingerprint density at radius 1 is 1.30 bits per heavy atom. The van der Waals surface area contributed by atoms with Gasteiger partial charge in [0.05, 0.1) is 11.3 Å². The fourth-order valence-electron chi connectivity index (χ4n) is 2.60. The van der Waals surface area contributed by atoms with Crippen LogP contribution in [0.25, 0.3) is 0 Å². The molecule has 0 bridgehead atoms. The van der Waals surface area contributed by atoms with Gasteiger partial charge in [0.15, 0.2) is 5.84 Å². The fourth-order valence-corrected chi connectivity index (χ4v) is 2.60. The maximum Gasteiger partial charge on any atom is 0.420 e.